The van der Waals surface area contributed by atoms with Gasteiger partial charge in [-0.05, 0) is 51.4 Å². The normalized spacial score (nSPS) is 20.7. The van der Waals surface area contributed by atoms with Crippen molar-refractivity contribution >= 4 is 43.5 Å². The molecule has 15 atom stereocenters. The highest BCUT2D eigenvalue weighted by Crippen LogP contribution is 2.46. The topological polar surface area (TPSA) is 374 Å². The molecule has 2 saturated heterocycles. The Kier molecular flexibility index (Phi) is 72.8. The summed E-state index contributed by atoms with van der Waals surface area (Å²) < 4.78 is 67.2. The van der Waals surface area contributed by atoms with Crippen molar-refractivity contribution < 1.29 is 106 Å². The highest BCUT2D eigenvalue weighted by atomic mass is 31.2. The standard InChI is InChI=1S/C96H182N3O22P/c1-7-13-19-25-31-37-39-45-51-57-63-69-85(105)114-79(67-61-55-49-43-35-29-23-17-11-5)73-84(104)99-90-94(119-88(108)74-80(68-62-56-50-44-36-30-24-18-12-6)115-86(106)70-64-58-52-46-40-38-32-26-20-14-8-2)92(120-122(111,112)121-97)81(75-100)117-96(90)113-76-82-91(109)93(118-87(107)72-78(102)66-60-54-48-42-34-28-22-16-10-4)89(95(110)116-82)98-83(103)71-77(101)65-59-53-47-41-33-27-21-15-9-3/h77-82,89-96,100-102,109-110H,7-76,97H2,1-6H3,(H,98,103)(H,99,104)(H,111,112)/t77-,78-,79-,80-,81?,82?,89?,90+,91-,92-,93-,94?,95+,96-/m1/s1. The van der Waals surface area contributed by atoms with Crippen LogP contribution in [-0.2, 0) is 75.6 Å². The molecule has 26 heteroatoms. The summed E-state index contributed by atoms with van der Waals surface area (Å²) in [6.07, 6.45) is 40.9. The molecule has 0 bridgehead atoms. The predicted octanol–water partition coefficient (Wildman–Crippen LogP) is 21.2. The Bertz CT molecular complexity index is 2580. The molecule has 10 N–H and O–H groups in total. The van der Waals surface area contributed by atoms with Gasteiger partial charge >= 0.3 is 31.7 Å². The van der Waals surface area contributed by atoms with E-state index in [4.69, 9.17) is 43.6 Å². The third-order valence-corrected chi connectivity index (χ3v) is 25.0. The summed E-state index contributed by atoms with van der Waals surface area (Å²) in [5.74, 6) is 0.858. The third kappa shape index (κ3) is 59.6. The lowest BCUT2D eigenvalue weighted by Gasteiger charge is -2.46. The minimum absolute atomic E-state index is 0.113. The summed E-state index contributed by atoms with van der Waals surface area (Å²) in [6, 6.07) is -3.45. The molecule has 122 heavy (non-hydrogen) atoms. The van der Waals surface area contributed by atoms with Gasteiger partial charge in [-0.3, -0.25) is 33.3 Å². The Hall–Kier alpha value is -3.43. The van der Waals surface area contributed by atoms with Gasteiger partial charge in [0, 0.05) is 12.8 Å². The molecule has 2 amide bonds. The molecule has 0 saturated carbocycles. The fraction of sp³-hybridized carbons (Fsp3) is 0.938. The van der Waals surface area contributed by atoms with Gasteiger partial charge in [-0.25, -0.2) is 15.1 Å². The number of nitrogens with two attached hydrogens (primary N) is 1. The van der Waals surface area contributed by atoms with E-state index in [1.54, 1.807) is 0 Å². The molecule has 25 nitrogen and oxygen atoms in total. The Morgan fingerprint density at radius 2 is 0.680 bits per heavy atom. The monoisotopic (exact) mass is 1760 g/mol. The van der Waals surface area contributed by atoms with Crippen LogP contribution in [0.4, 0.5) is 0 Å². The number of carbonyl (C=O) groups is 6. The van der Waals surface area contributed by atoms with Gasteiger partial charge in [0.15, 0.2) is 24.8 Å². The number of nitrogens with one attached hydrogen (secondary N) is 2. The van der Waals surface area contributed by atoms with Crippen LogP contribution in [0.15, 0.2) is 0 Å². The van der Waals surface area contributed by atoms with E-state index < -0.39 is 168 Å². The molecule has 0 spiro atoms. The van der Waals surface area contributed by atoms with Crippen molar-refractivity contribution in [2.45, 2.75) is 564 Å². The van der Waals surface area contributed by atoms with Crippen LogP contribution < -0.4 is 16.5 Å². The largest absolute Gasteiger partial charge is 0.489 e. The van der Waals surface area contributed by atoms with Crippen LogP contribution in [0.5, 0.6) is 0 Å². The summed E-state index contributed by atoms with van der Waals surface area (Å²) in [6.45, 7) is 11.3. The molecule has 5 unspecified atom stereocenters. The number of rotatable bonds is 85. The predicted molar refractivity (Wildman–Crippen MR) is 482 cm³/mol. The highest BCUT2D eigenvalue weighted by Gasteiger charge is 2.54. The van der Waals surface area contributed by atoms with Gasteiger partial charge in [-0.15, -0.1) is 0 Å². The van der Waals surface area contributed by atoms with E-state index in [0.717, 1.165) is 186 Å². The molecule has 0 aromatic heterocycles. The Morgan fingerprint density at radius 1 is 0.369 bits per heavy atom. The first-order chi connectivity index (χ1) is 59.2. The van der Waals surface area contributed by atoms with Crippen molar-refractivity contribution in [1.82, 2.24) is 10.6 Å². The van der Waals surface area contributed by atoms with E-state index in [2.05, 4.69) is 56.8 Å². The molecular formula is C96H182N3O22P. The first kappa shape index (κ1) is 115. The maximum absolute atomic E-state index is 15.2. The molecule has 2 fully saturated rings. The van der Waals surface area contributed by atoms with E-state index in [1.165, 1.54) is 148 Å². The number of aliphatic hydroxyl groups is 5. The summed E-state index contributed by atoms with van der Waals surface area (Å²) in [7, 11) is -5.35. The van der Waals surface area contributed by atoms with Gasteiger partial charge in [0.1, 0.15) is 48.7 Å². The van der Waals surface area contributed by atoms with Crippen molar-refractivity contribution in [3.05, 3.63) is 0 Å². The second kappa shape index (κ2) is 77.5. The van der Waals surface area contributed by atoms with E-state index >= 15 is 9.59 Å². The van der Waals surface area contributed by atoms with Gasteiger partial charge < -0.3 is 74.2 Å². The summed E-state index contributed by atoms with van der Waals surface area (Å²) >= 11 is 0. The van der Waals surface area contributed by atoms with E-state index in [9.17, 15) is 54.2 Å². The Labute approximate surface area is 739 Å². The van der Waals surface area contributed by atoms with Crippen molar-refractivity contribution in [1.29, 1.82) is 0 Å². The van der Waals surface area contributed by atoms with Crippen LogP contribution >= 0.6 is 7.82 Å². The number of esters is 4. The number of unbranched alkanes of at least 4 members (excludes halogenated alkanes) is 52. The number of phosphoric acid groups is 1. The van der Waals surface area contributed by atoms with Gasteiger partial charge in [-0.2, -0.15) is 0 Å². The summed E-state index contributed by atoms with van der Waals surface area (Å²) in [5, 5.41) is 63.5. The zero-order valence-electron chi connectivity index (χ0n) is 77.8. The summed E-state index contributed by atoms with van der Waals surface area (Å²) in [4.78, 5) is 97.0. The molecule has 0 aliphatic carbocycles. The zero-order chi connectivity index (χ0) is 89.3. The van der Waals surface area contributed by atoms with E-state index in [0.29, 0.717) is 51.4 Å². The second-order valence-electron chi connectivity index (χ2n) is 35.7. The van der Waals surface area contributed by atoms with Crippen LogP contribution in [0.3, 0.4) is 0 Å². The maximum Gasteiger partial charge on any atom is 0.489 e. The average Bonchev–Trinajstić information content (AvgIpc) is 0.805. The average molecular weight is 1760 g/mol. The molecule has 2 aliphatic heterocycles. The number of hydrogen-bond donors (Lipinski definition) is 9. The van der Waals surface area contributed by atoms with Gasteiger partial charge in [0.2, 0.25) is 11.8 Å². The lowest BCUT2D eigenvalue weighted by Crippen LogP contribution is -2.68. The van der Waals surface area contributed by atoms with Crippen LogP contribution in [0.25, 0.3) is 0 Å². The Morgan fingerprint density at radius 3 is 1.05 bits per heavy atom. The highest BCUT2D eigenvalue weighted by molar-refractivity contribution is 7.47. The summed E-state index contributed by atoms with van der Waals surface area (Å²) in [5.41, 5.74) is 0. The molecular weight excluding hydrogens is 1580 g/mol. The first-order valence-electron chi connectivity index (χ1n) is 50.2. The minimum Gasteiger partial charge on any atom is -0.462 e. The Balaban J connectivity index is 2.76. The van der Waals surface area contributed by atoms with Crippen LogP contribution in [0, 0.1) is 0 Å². The van der Waals surface area contributed by atoms with Crippen molar-refractivity contribution in [3.63, 3.8) is 0 Å². The number of carbonyl (C=O) groups excluding carboxylic acids is 6. The quantitative estimate of drug-likeness (QED) is 0.00898. The molecule has 2 aliphatic rings. The molecule has 0 radical (unpaired) electrons. The van der Waals surface area contributed by atoms with Crippen LogP contribution in [0.1, 0.15) is 478 Å². The fourth-order valence-corrected chi connectivity index (χ4v) is 17.4. The minimum atomic E-state index is -5.35. The van der Waals surface area contributed by atoms with Gasteiger partial charge in [0.05, 0.1) is 51.1 Å². The lowest BCUT2D eigenvalue weighted by atomic mass is 9.95. The molecule has 2 rings (SSSR count). The molecule has 0 aromatic carbocycles. The van der Waals surface area contributed by atoms with Crippen molar-refractivity contribution in [3.8, 4) is 0 Å². The third-order valence-electron chi connectivity index (χ3n) is 24.3. The number of ether oxygens (including phenoxy) is 7. The van der Waals surface area contributed by atoms with Gasteiger partial charge in [0.25, 0.3) is 0 Å². The van der Waals surface area contributed by atoms with Crippen molar-refractivity contribution in [2.75, 3.05) is 13.2 Å². The molecule has 2 heterocycles. The van der Waals surface area contributed by atoms with E-state index in [-0.39, 0.29) is 25.7 Å². The lowest BCUT2D eigenvalue weighted by molar-refractivity contribution is -0.299. The maximum atomic E-state index is 15.2. The number of phosphoric ester groups is 1. The fourth-order valence-electron chi connectivity index (χ4n) is 16.7. The first-order valence-corrected chi connectivity index (χ1v) is 51.7. The van der Waals surface area contributed by atoms with Crippen molar-refractivity contribution in [2.24, 2.45) is 5.90 Å². The second-order valence-corrected chi connectivity index (χ2v) is 37.1. The number of aliphatic hydroxyl groups excluding tert-OH is 5. The number of hydrogen-bond acceptors (Lipinski definition) is 22. The van der Waals surface area contributed by atoms with Crippen LogP contribution in [-0.4, -0.2) is 165 Å². The molecule has 718 valence electrons. The SMILES string of the molecule is CCCCCCCCCCCCCC(=O)O[C@H](CCCCCCCCCCC)CC(=O)N[C@H]1C(OC(=O)C[C@@H](CCCCCCCCCCC)OC(=O)CCCCCCCCCCCCC)[C@H](OP(=O)(O)ON)C(CO)O[C@H]1OCC1O[C@H](O)C(NC(=O)C[C@H](O)CCCCCCCCCCC)[C@@H](OC(=O)C[C@H](O)CCCCCCCCCCC)[C@@H]1O. The smallest absolute Gasteiger partial charge is 0.462 e. The van der Waals surface area contributed by atoms with Crippen LogP contribution in [0.2, 0.25) is 0 Å². The number of amides is 2. The zero-order valence-corrected chi connectivity index (χ0v) is 78.7. The molecule has 0 aromatic rings. The van der Waals surface area contributed by atoms with Gasteiger partial charge in [-0.1, -0.05) is 388 Å². The van der Waals surface area contributed by atoms with E-state index in [1.807, 2.05) is 0 Å².